The van der Waals surface area contributed by atoms with E-state index in [2.05, 4.69) is 14.8 Å². The molecule has 1 aromatic carbocycles. The summed E-state index contributed by atoms with van der Waals surface area (Å²) >= 11 is 6.25. The largest absolute Gasteiger partial charge is 0.491 e. The maximum atomic E-state index is 10.5. The van der Waals surface area contributed by atoms with Crippen LogP contribution < -0.4 is 4.74 Å². The highest BCUT2D eigenvalue weighted by molar-refractivity contribution is 6.31. The molecular formula is C23H26ClN3O3. The molecule has 1 unspecified atom stereocenters. The topological polar surface area (TPSA) is 62.0 Å². The van der Waals surface area contributed by atoms with Crippen molar-refractivity contribution in [2.24, 2.45) is 0 Å². The number of halogens is 1. The Morgan fingerprint density at radius 1 is 1.07 bits per heavy atom. The van der Waals surface area contributed by atoms with Crippen molar-refractivity contribution in [3.8, 4) is 16.9 Å². The van der Waals surface area contributed by atoms with Gasteiger partial charge in [-0.1, -0.05) is 17.7 Å². The molecule has 4 rings (SSSR count). The van der Waals surface area contributed by atoms with E-state index in [1.807, 2.05) is 36.4 Å². The number of rotatable bonds is 8. The van der Waals surface area contributed by atoms with Gasteiger partial charge in [0.05, 0.1) is 12.8 Å². The fourth-order valence-electron chi connectivity index (χ4n) is 3.64. The van der Waals surface area contributed by atoms with Gasteiger partial charge in [0.25, 0.3) is 0 Å². The van der Waals surface area contributed by atoms with Crippen molar-refractivity contribution in [2.75, 3.05) is 39.3 Å². The van der Waals surface area contributed by atoms with Gasteiger partial charge in [0.1, 0.15) is 24.2 Å². The average molecular weight is 428 g/mol. The third-order valence-electron chi connectivity index (χ3n) is 5.20. The van der Waals surface area contributed by atoms with E-state index in [1.54, 1.807) is 24.7 Å². The monoisotopic (exact) mass is 427 g/mol. The number of hydrogen-bond donors (Lipinski definition) is 1. The number of piperazine rings is 1. The Labute approximate surface area is 181 Å². The molecule has 0 radical (unpaired) electrons. The number of aromatic nitrogens is 1. The molecule has 1 saturated heterocycles. The molecule has 0 spiro atoms. The Morgan fingerprint density at radius 2 is 1.90 bits per heavy atom. The van der Waals surface area contributed by atoms with Crippen molar-refractivity contribution in [1.82, 2.24) is 14.8 Å². The van der Waals surface area contributed by atoms with Crippen LogP contribution >= 0.6 is 11.6 Å². The number of nitrogens with zero attached hydrogens (tertiary/aromatic N) is 3. The molecule has 6 nitrogen and oxygen atoms in total. The molecule has 3 aromatic rings. The number of benzene rings is 1. The third kappa shape index (κ3) is 5.83. The Kier molecular flexibility index (Phi) is 7.02. The molecule has 0 bridgehead atoms. The Hall–Kier alpha value is -2.38. The van der Waals surface area contributed by atoms with Gasteiger partial charge in [0.2, 0.25) is 0 Å². The first-order valence-corrected chi connectivity index (χ1v) is 10.5. The van der Waals surface area contributed by atoms with Crippen LogP contribution in [0.3, 0.4) is 0 Å². The highest BCUT2D eigenvalue weighted by Crippen LogP contribution is 2.28. The van der Waals surface area contributed by atoms with Gasteiger partial charge in [0.15, 0.2) is 0 Å². The second kappa shape index (κ2) is 10.1. The van der Waals surface area contributed by atoms with Gasteiger partial charge >= 0.3 is 0 Å². The number of ether oxygens (including phenoxy) is 1. The predicted octanol–water partition coefficient (Wildman–Crippen LogP) is 3.55. The molecule has 30 heavy (non-hydrogen) atoms. The molecule has 158 valence electrons. The zero-order chi connectivity index (χ0) is 20.8. The SMILES string of the molecule is OC(COc1cc(Cl)cc(-c2cccnc2)c1)CN1CCN(Cc2ccco2)CC1. The average Bonchev–Trinajstić information content (AvgIpc) is 3.27. The summed E-state index contributed by atoms with van der Waals surface area (Å²) in [4.78, 5) is 8.78. The lowest BCUT2D eigenvalue weighted by Crippen LogP contribution is -2.48. The van der Waals surface area contributed by atoms with Crippen LogP contribution in [0.5, 0.6) is 5.75 Å². The van der Waals surface area contributed by atoms with Crippen molar-refractivity contribution in [1.29, 1.82) is 0 Å². The Balaban J connectivity index is 1.24. The van der Waals surface area contributed by atoms with E-state index < -0.39 is 6.10 Å². The number of β-amino-alcohol motifs (C(OH)–C–C–N with tert-alkyl or cyclic N) is 1. The van der Waals surface area contributed by atoms with Gasteiger partial charge in [-0.05, 0) is 42.0 Å². The van der Waals surface area contributed by atoms with Crippen molar-refractivity contribution in [3.05, 3.63) is 71.9 Å². The maximum absolute atomic E-state index is 10.5. The van der Waals surface area contributed by atoms with Crippen LogP contribution in [0.2, 0.25) is 5.02 Å². The number of hydrogen-bond acceptors (Lipinski definition) is 6. The molecule has 0 saturated carbocycles. The summed E-state index contributed by atoms with van der Waals surface area (Å²) in [6, 6.07) is 13.3. The minimum Gasteiger partial charge on any atom is -0.491 e. The molecule has 0 amide bonds. The molecule has 1 atom stereocenters. The first-order valence-electron chi connectivity index (χ1n) is 10.1. The van der Waals surface area contributed by atoms with Crippen molar-refractivity contribution in [3.63, 3.8) is 0 Å². The van der Waals surface area contributed by atoms with Gasteiger partial charge < -0.3 is 14.3 Å². The van der Waals surface area contributed by atoms with Crippen molar-refractivity contribution in [2.45, 2.75) is 12.6 Å². The standard InChI is InChI=1S/C23H26ClN3O3/c24-20-11-19(18-3-1-5-25-14-18)12-23(13-20)30-17-21(28)15-26-6-8-27(9-7-26)16-22-4-2-10-29-22/h1-5,10-14,21,28H,6-9,15-17H2. The Morgan fingerprint density at radius 3 is 2.63 bits per heavy atom. The van der Waals surface area contributed by atoms with E-state index in [4.69, 9.17) is 20.8 Å². The van der Waals surface area contributed by atoms with Crippen molar-refractivity contribution < 1.29 is 14.3 Å². The quantitative estimate of drug-likeness (QED) is 0.593. The second-order valence-corrected chi connectivity index (χ2v) is 7.97. The molecular weight excluding hydrogens is 402 g/mol. The van der Waals surface area contributed by atoms with Crippen LogP contribution in [0.15, 0.2) is 65.5 Å². The van der Waals surface area contributed by atoms with Crippen LogP contribution in [0, 0.1) is 0 Å². The lowest BCUT2D eigenvalue weighted by Gasteiger charge is -2.35. The van der Waals surface area contributed by atoms with Crippen LogP contribution in [0.4, 0.5) is 0 Å². The molecule has 0 aliphatic carbocycles. The zero-order valence-electron chi connectivity index (χ0n) is 16.8. The third-order valence-corrected chi connectivity index (χ3v) is 5.42. The van der Waals surface area contributed by atoms with E-state index in [-0.39, 0.29) is 6.61 Å². The first kappa shape index (κ1) is 20.9. The van der Waals surface area contributed by atoms with Crippen LogP contribution in [0.1, 0.15) is 5.76 Å². The normalized spacial score (nSPS) is 16.5. The van der Waals surface area contributed by atoms with E-state index in [1.165, 1.54) is 0 Å². The summed E-state index contributed by atoms with van der Waals surface area (Å²) < 4.78 is 11.3. The Bertz CT molecular complexity index is 913. The molecule has 1 fully saturated rings. The van der Waals surface area contributed by atoms with E-state index in [0.29, 0.717) is 17.3 Å². The summed E-state index contributed by atoms with van der Waals surface area (Å²) in [7, 11) is 0. The summed E-state index contributed by atoms with van der Waals surface area (Å²) in [5.41, 5.74) is 1.91. The summed E-state index contributed by atoms with van der Waals surface area (Å²) in [6.45, 7) is 5.39. The fourth-order valence-corrected chi connectivity index (χ4v) is 3.87. The minimum atomic E-state index is -0.567. The fraction of sp³-hybridized carbons (Fsp3) is 0.348. The smallest absolute Gasteiger partial charge is 0.121 e. The van der Waals surface area contributed by atoms with Gasteiger partial charge in [-0.2, -0.15) is 0 Å². The number of furan rings is 1. The lowest BCUT2D eigenvalue weighted by atomic mass is 10.1. The van der Waals surface area contributed by atoms with E-state index >= 15 is 0 Å². The van der Waals surface area contributed by atoms with Crippen LogP contribution in [0.25, 0.3) is 11.1 Å². The number of aliphatic hydroxyl groups is 1. The van der Waals surface area contributed by atoms with Crippen LogP contribution in [-0.2, 0) is 6.54 Å². The molecule has 3 heterocycles. The molecule has 1 aliphatic rings. The van der Waals surface area contributed by atoms with Gasteiger partial charge in [-0.15, -0.1) is 0 Å². The van der Waals surface area contributed by atoms with Gasteiger partial charge in [-0.25, -0.2) is 0 Å². The van der Waals surface area contributed by atoms with E-state index in [0.717, 1.165) is 49.6 Å². The van der Waals surface area contributed by atoms with E-state index in [9.17, 15) is 5.11 Å². The minimum absolute atomic E-state index is 0.222. The van der Waals surface area contributed by atoms with Crippen LogP contribution in [-0.4, -0.2) is 65.3 Å². The van der Waals surface area contributed by atoms with Crippen molar-refractivity contribution >= 4 is 11.6 Å². The summed E-state index contributed by atoms with van der Waals surface area (Å²) in [5, 5.41) is 11.0. The molecule has 7 heteroatoms. The number of aliphatic hydroxyl groups excluding tert-OH is 1. The number of pyridine rings is 1. The predicted molar refractivity (Wildman–Crippen MR) is 117 cm³/mol. The highest BCUT2D eigenvalue weighted by Gasteiger charge is 2.20. The maximum Gasteiger partial charge on any atom is 0.121 e. The summed E-state index contributed by atoms with van der Waals surface area (Å²) in [6.07, 6.45) is 4.66. The lowest BCUT2D eigenvalue weighted by molar-refractivity contribution is 0.0434. The first-order chi connectivity index (χ1) is 14.7. The van der Waals surface area contributed by atoms with Gasteiger partial charge in [0, 0.05) is 55.7 Å². The summed E-state index contributed by atoms with van der Waals surface area (Å²) in [5.74, 6) is 1.63. The second-order valence-electron chi connectivity index (χ2n) is 7.54. The molecule has 1 N–H and O–H groups in total. The molecule has 1 aliphatic heterocycles. The van der Waals surface area contributed by atoms with Gasteiger partial charge in [-0.3, -0.25) is 14.8 Å². The highest BCUT2D eigenvalue weighted by atomic mass is 35.5. The molecule has 2 aromatic heterocycles. The zero-order valence-corrected chi connectivity index (χ0v) is 17.5.